The van der Waals surface area contributed by atoms with Crippen LogP contribution in [0.3, 0.4) is 0 Å². The van der Waals surface area contributed by atoms with E-state index in [0.29, 0.717) is 5.56 Å². The lowest BCUT2D eigenvalue weighted by Crippen LogP contribution is -2.68. The first-order valence-corrected chi connectivity index (χ1v) is 8.95. The molecule has 0 spiro atoms. The second kappa shape index (κ2) is 8.03. The minimum Gasteiger partial charge on any atom is -0.403 e. The van der Waals surface area contributed by atoms with Crippen LogP contribution in [-0.2, 0) is 4.79 Å². The number of aliphatic hydroxyl groups excluding tert-OH is 1. The number of halogens is 4. The van der Waals surface area contributed by atoms with Crippen molar-refractivity contribution < 1.29 is 32.2 Å². The summed E-state index contributed by atoms with van der Waals surface area (Å²) in [5.74, 6) is -2.94. The third-order valence-corrected chi connectivity index (χ3v) is 5.09. The van der Waals surface area contributed by atoms with Crippen LogP contribution in [-0.4, -0.2) is 66.5 Å². The molecule has 0 saturated carbocycles. The Bertz CT molecular complexity index is 763. The highest BCUT2D eigenvalue weighted by Gasteiger charge is 2.51. The van der Waals surface area contributed by atoms with E-state index in [1.165, 1.54) is 6.07 Å². The molecule has 5 unspecified atom stereocenters. The van der Waals surface area contributed by atoms with Crippen LogP contribution in [0, 0.1) is 11.7 Å². The van der Waals surface area contributed by atoms with Crippen molar-refractivity contribution in [2.75, 3.05) is 20.7 Å². The molecule has 2 aliphatic heterocycles. The Kier molecular flexibility index (Phi) is 6.01. The lowest BCUT2D eigenvalue weighted by Gasteiger charge is -2.41. The molecule has 2 heterocycles. The van der Waals surface area contributed by atoms with E-state index >= 15 is 0 Å². The summed E-state index contributed by atoms with van der Waals surface area (Å²) >= 11 is 0. The molecule has 5 atom stereocenters. The molecule has 3 rings (SSSR count). The highest BCUT2D eigenvalue weighted by molar-refractivity contribution is 5.81. The van der Waals surface area contributed by atoms with Crippen LogP contribution in [0.5, 0.6) is 5.75 Å². The number of amides is 1. The Labute approximate surface area is 164 Å². The number of carbonyl (C=O) groups excluding carboxylic acids is 1. The summed E-state index contributed by atoms with van der Waals surface area (Å²) in [7, 11) is 3.54. The number of benzene rings is 1. The maximum Gasteiger partial charge on any atom is 0.573 e. The topological polar surface area (TPSA) is 89.1 Å². The molecule has 1 aromatic rings. The first kappa shape index (κ1) is 21.7. The number of ether oxygens (including phenoxy) is 1. The molecule has 4 N–H and O–H groups in total. The van der Waals surface area contributed by atoms with Gasteiger partial charge in [-0.2, -0.15) is 0 Å². The van der Waals surface area contributed by atoms with Gasteiger partial charge in [0.25, 0.3) is 0 Å². The third-order valence-electron chi connectivity index (χ3n) is 5.09. The highest BCUT2D eigenvalue weighted by atomic mass is 19.4. The van der Waals surface area contributed by atoms with Crippen LogP contribution in [0.25, 0.3) is 0 Å². The van der Waals surface area contributed by atoms with Gasteiger partial charge in [-0.25, -0.2) is 14.8 Å². The van der Waals surface area contributed by atoms with E-state index in [9.17, 15) is 27.5 Å². The largest absolute Gasteiger partial charge is 0.573 e. The van der Waals surface area contributed by atoms with Gasteiger partial charge in [0.1, 0.15) is 6.29 Å². The van der Waals surface area contributed by atoms with Gasteiger partial charge < -0.3 is 15.2 Å². The predicted molar refractivity (Wildman–Crippen MR) is 93.4 cm³/mol. The fourth-order valence-electron chi connectivity index (χ4n) is 3.62. The number of fused-ring (bicyclic) bond motifs is 1. The maximum atomic E-state index is 14.1. The Hall–Kier alpha value is -1.99. The Morgan fingerprint density at radius 1 is 1.34 bits per heavy atom. The van der Waals surface area contributed by atoms with Crippen LogP contribution >= 0.6 is 0 Å². The molecule has 0 bridgehead atoms. The average Bonchev–Trinajstić information content (AvgIpc) is 3.01. The molecule has 8 nitrogen and oxygen atoms in total. The van der Waals surface area contributed by atoms with Gasteiger partial charge in [-0.15, -0.1) is 13.2 Å². The van der Waals surface area contributed by atoms with E-state index in [-0.39, 0.29) is 12.5 Å². The van der Waals surface area contributed by atoms with Crippen molar-refractivity contribution in [3.63, 3.8) is 0 Å². The fraction of sp³-hybridized carbons (Fsp3) is 0.588. The second-order valence-corrected chi connectivity index (χ2v) is 7.25. The van der Waals surface area contributed by atoms with E-state index in [0.717, 1.165) is 12.1 Å². The van der Waals surface area contributed by atoms with Crippen LogP contribution in [0.4, 0.5) is 17.6 Å². The summed E-state index contributed by atoms with van der Waals surface area (Å²) < 4.78 is 54.9. The van der Waals surface area contributed by atoms with Gasteiger partial charge in [0, 0.05) is 6.04 Å². The molecule has 1 aromatic carbocycles. The molecule has 12 heteroatoms. The number of nitrogens with zero attached hydrogens (tertiary/aromatic N) is 2. The Balaban J connectivity index is 1.85. The monoisotopic (exact) mass is 421 g/mol. The zero-order valence-corrected chi connectivity index (χ0v) is 16.0. The summed E-state index contributed by atoms with van der Waals surface area (Å²) in [6, 6.07) is 2.09. The first-order valence-electron chi connectivity index (χ1n) is 8.95. The molecule has 162 valence electrons. The second-order valence-electron chi connectivity index (χ2n) is 7.25. The van der Waals surface area contributed by atoms with Gasteiger partial charge in [-0.1, -0.05) is 6.07 Å². The normalized spacial score (nSPS) is 28.9. The minimum absolute atomic E-state index is 0.256. The smallest absolute Gasteiger partial charge is 0.403 e. The number of hydrazine groups is 1. The molecule has 0 aliphatic carbocycles. The molecule has 0 radical (unpaired) electrons. The van der Waals surface area contributed by atoms with Gasteiger partial charge in [-0.3, -0.25) is 15.0 Å². The highest BCUT2D eigenvalue weighted by Crippen LogP contribution is 2.34. The molecular weight excluding hydrogens is 398 g/mol. The fourth-order valence-corrected chi connectivity index (χ4v) is 3.62. The number of hydrogen-bond donors (Lipinski definition) is 4. The molecule has 29 heavy (non-hydrogen) atoms. The number of alkyl halides is 3. The zero-order chi connectivity index (χ0) is 21.5. The van der Waals surface area contributed by atoms with Crippen molar-refractivity contribution in [3.05, 3.63) is 29.6 Å². The van der Waals surface area contributed by atoms with E-state index in [2.05, 4.69) is 20.8 Å². The lowest BCUT2D eigenvalue weighted by molar-refractivity contribution is -0.275. The SMILES string of the molecule is CC(c1ccc(OC(F)(F)F)c(F)c1)N1NC(CO)C2C(=O)NC(N(C)C)NC21. The van der Waals surface area contributed by atoms with E-state index in [1.54, 1.807) is 30.9 Å². The molecule has 2 fully saturated rings. The van der Waals surface area contributed by atoms with Crippen LogP contribution < -0.4 is 20.8 Å². The van der Waals surface area contributed by atoms with Gasteiger partial charge in [0.2, 0.25) is 5.91 Å². The first-order chi connectivity index (χ1) is 13.5. The van der Waals surface area contributed by atoms with Gasteiger partial charge in [-0.05, 0) is 38.7 Å². The average molecular weight is 421 g/mol. The molecular formula is C17H23F4N5O3. The summed E-state index contributed by atoms with van der Waals surface area (Å²) in [5, 5.41) is 17.4. The number of aliphatic hydroxyl groups is 1. The number of rotatable bonds is 5. The lowest BCUT2D eigenvalue weighted by atomic mass is 9.95. The third kappa shape index (κ3) is 4.46. The predicted octanol–water partition coefficient (Wildman–Crippen LogP) is 0.473. The van der Waals surface area contributed by atoms with Crippen LogP contribution in [0.15, 0.2) is 18.2 Å². The summed E-state index contributed by atoms with van der Waals surface area (Å²) in [4.78, 5) is 14.3. The quantitative estimate of drug-likeness (QED) is 0.514. The van der Waals surface area contributed by atoms with Crippen molar-refractivity contribution in [2.24, 2.45) is 5.92 Å². The Morgan fingerprint density at radius 2 is 2.03 bits per heavy atom. The molecule has 1 amide bonds. The standard InChI is InChI=1S/C17H23F4N5O3/c1-8(9-4-5-12(10(18)6-9)29-17(19,20)21)26-14-13(11(7-27)24-26)15(28)23-16(22-14)25(2)3/h4-6,8,11,13-14,16,22,24,27H,7H2,1-3H3,(H,23,28). The van der Waals surface area contributed by atoms with Crippen molar-refractivity contribution in [1.82, 2.24) is 26.0 Å². The van der Waals surface area contributed by atoms with Crippen molar-refractivity contribution in [1.29, 1.82) is 0 Å². The van der Waals surface area contributed by atoms with E-state index < -0.39 is 48.4 Å². The zero-order valence-electron chi connectivity index (χ0n) is 16.0. The van der Waals surface area contributed by atoms with Gasteiger partial charge in [0.15, 0.2) is 11.6 Å². The van der Waals surface area contributed by atoms with Crippen molar-refractivity contribution in [2.45, 2.75) is 37.8 Å². The maximum absolute atomic E-state index is 14.1. The molecule has 2 saturated heterocycles. The minimum atomic E-state index is -4.99. The van der Waals surface area contributed by atoms with Crippen LogP contribution in [0.2, 0.25) is 0 Å². The van der Waals surface area contributed by atoms with Gasteiger partial charge in [0.05, 0.1) is 24.7 Å². The van der Waals surface area contributed by atoms with E-state index in [1.807, 2.05) is 0 Å². The van der Waals surface area contributed by atoms with Crippen molar-refractivity contribution in [3.8, 4) is 5.75 Å². The number of carbonyl (C=O) groups is 1. The molecule has 0 aromatic heterocycles. The van der Waals surface area contributed by atoms with E-state index in [4.69, 9.17) is 0 Å². The van der Waals surface area contributed by atoms with Crippen LogP contribution in [0.1, 0.15) is 18.5 Å². The summed E-state index contributed by atoms with van der Waals surface area (Å²) in [5.41, 5.74) is 3.42. The Morgan fingerprint density at radius 3 is 2.59 bits per heavy atom. The van der Waals surface area contributed by atoms with Gasteiger partial charge >= 0.3 is 6.36 Å². The van der Waals surface area contributed by atoms with Crippen molar-refractivity contribution >= 4 is 5.91 Å². The summed E-state index contributed by atoms with van der Waals surface area (Å²) in [6.07, 6.45) is -5.98. The number of nitrogens with one attached hydrogen (secondary N) is 3. The summed E-state index contributed by atoms with van der Waals surface area (Å²) in [6.45, 7) is 1.40. The number of hydrogen-bond acceptors (Lipinski definition) is 7. The molecule has 2 aliphatic rings.